The lowest BCUT2D eigenvalue weighted by Crippen LogP contribution is -1.90. The summed E-state index contributed by atoms with van der Waals surface area (Å²) in [4.78, 5) is 0. The average Bonchev–Trinajstić information content (AvgIpc) is 3.03. The van der Waals surface area contributed by atoms with Crippen molar-refractivity contribution < 1.29 is 19.7 Å². The number of aryl methyl sites for hydroxylation is 1. The number of benzene rings is 2. The molecule has 1 heterocycles. The Bertz CT molecular complexity index is 841. The first-order valence-electron chi connectivity index (χ1n) is 7.53. The van der Waals surface area contributed by atoms with E-state index in [4.69, 9.17) is 9.47 Å². The summed E-state index contributed by atoms with van der Waals surface area (Å²) < 4.78 is 11.0. The highest BCUT2D eigenvalue weighted by Gasteiger charge is 2.16. The molecule has 24 heavy (non-hydrogen) atoms. The Morgan fingerprint density at radius 1 is 1.04 bits per heavy atom. The van der Waals surface area contributed by atoms with Gasteiger partial charge in [-0.15, -0.1) is 0 Å². The molecular weight excluding hydrogens is 308 g/mol. The van der Waals surface area contributed by atoms with Gasteiger partial charge in [0.15, 0.2) is 5.75 Å². The van der Waals surface area contributed by atoms with Crippen LogP contribution < -0.4 is 9.47 Å². The number of aromatic nitrogens is 2. The first-order chi connectivity index (χ1) is 11.6. The monoisotopic (exact) mass is 326 g/mol. The zero-order chi connectivity index (χ0) is 17.1. The number of hydrogen-bond acceptors (Lipinski definition) is 5. The van der Waals surface area contributed by atoms with Crippen molar-refractivity contribution in [2.45, 2.75) is 13.3 Å². The lowest BCUT2D eigenvalue weighted by atomic mass is 10.0. The number of rotatable bonds is 5. The Labute approximate surface area is 139 Å². The number of H-pyrrole nitrogens is 1. The van der Waals surface area contributed by atoms with Crippen LogP contribution in [0.1, 0.15) is 12.5 Å². The second-order valence-corrected chi connectivity index (χ2v) is 5.24. The summed E-state index contributed by atoms with van der Waals surface area (Å²) in [6.45, 7) is 1.93. The van der Waals surface area contributed by atoms with Crippen LogP contribution >= 0.6 is 0 Å². The van der Waals surface area contributed by atoms with Crippen LogP contribution in [0.5, 0.6) is 28.7 Å². The molecule has 0 radical (unpaired) electrons. The maximum atomic E-state index is 10.2. The van der Waals surface area contributed by atoms with Crippen molar-refractivity contribution in [1.82, 2.24) is 10.2 Å². The van der Waals surface area contributed by atoms with E-state index in [-0.39, 0.29) is 11.5 Å². The maximum Gasteiger partial charge on any atom is 0.173 e. The summed E-state index contributed by atoms with van der Waals surface area (Å²) >= 11 is 0. The van der Waals surface area contributed by atoms with Crippen LogP contribution in [0.2, 0.25) is 0 Å². The van der Waals surface area contributed by atoms with Gasteiger partial charge >= 0.3 is 0 Å². The molecule has 0 atom stereocenters. The molecule has 6 nitrogen and oxygen atoms in total. The van der Waals surface area contributed by atoms with E-state index < -0.39 is 0 Å². The minimum atomic E-state index is -0.0477. The van der Waals surface area contributed by atoms with Crippen molar-refractivity contribution in [2.24, 2.45) is 0 Å². The third-order valence-electron chi connectivity index (χ3n) is 3.74. The SMILES string of the molecule is CCc1cc(-c2[nH]ncc2Oc2ccc(OC)cc2)c(O)cc1O. The number of phenols is 2. The van der Waals surface area contributed by atoms with E-state index in [1.807, 2.05) is 6.92 Å². The molecule has 2 aromatic carbocycles. The highest BCUT2D eigenvalue weighted by molar-refractivity contribution is 5.74. The van der Waals surface area contributed by atoms with E-state index >= 15 is 0 Å². The fourth-order valence-corrected chi connectivity index (χ4v) is 2.42. The largest absolute Gasteiger partial charge is 0.508 e. The van der Waals surface area contributed by atoms with Gasteiger partial charge in [-0.25, -0.2) is 0 Å². The molecule has 0 aliphatic rings. The molecule has 3 N–H and O–H groups in total. The molecule has 3 rings (SSSR count). The summed E-state index contributed by atoms with van der Waals surface area (Å²) in [7, 11) is 1.60. The van der Waals surface area contributed by atoms with E-state index in [1.54, 1.807) is 37.4 Å². The number of nitrogens with zero attached hydrogens (tertiary/aromatic N) is 1. The first-order valence-corrected chi connectivity index (χ1v) is 7.53. The van der Waals surface area contributed by atoms with Crippen LogP contribution in [-0.4, -0.2) is 27.5 Å². The Kier molecular flexibility index (Phi) is 4.29. The van der Waals surface area contributed by atoms with E-state index in [0.717, 1.165) is 11.3 Å². The predicted octanol–water partition coefficient (Wildman–Crippen LogP) is 3.85. The van der Waals surface area contributed by atoms with Crippen molar-refractivity contribution in [3.63, 3.8) is 0 Å². The molecule has 0 fully saturated rings. The molecule has 0 aliphatic heterocycles. The fraction of sp³-hybridized carbons (Fsp3) is 0.167. The van der Waals surface area contributed by atoms with Gasteiger partial charge in [-0.2, -0.15) is 5.10 Å². The summed E-state index contributed by atoms with van der Waals surface area (Å²) in [6, 6.07) is 10.2. The Balaban J connectivity index is 1.95. The van der Waals surface area contributed by atoms with Gasteiger partial charge in [-0.1, -0.05) is 6.92 Å². The summed E-state index contributed by atoms with van der Waals surface area (Å²) in [5.74, 6) is 1.85. The highest BCUT2D eigenvalue weighted by atomic mass is 16.5. The Morgan fingerprint density at radius 3 is 2.42 bits per heavy atom. The van der Waals surface area contributed by atoms with Crippen molar-refractivity contribution in [1.29, 1.82) is 0 Å². The first kappa shape index (κ1) is 15.7. The molecule has 0 amide bonds. The van der Waals surface area contributed by atoms with Gasteiger partial charge in [-0.05, 0) is 42.3 Å². The molecular formula is C18H18N2O4. The lowest BCUT2D eigenvalue weighted by molar-refractivity contribution is 0.413. The van der Waals surface area contributed by atoms with Gasteiger partial charge < -0.3 is 19.7 Å². The van der Waals surface area contributed by atoms with Crippen LogP contribution in [0.15, 0.2) is 42.6 Å². The van der Waals surface area contributed by atoms with E-state index in [2.05, 4.69) is 10.2 Å². The second kappa shape index (κ2) is 6.54. The topological polar surface area (TPSA) is 87.6 Å². The molecule has 3 aromatic rings. The van der Waals surface area contributed by atoms with Crippen LogP contribution in [0, 0.1) is 0 Å². The van der Waals surface area contributed by atoms with Crippen molar-refractivity contribution in [3.8, 4) is 40.0 Å². The van der Waals surface area contributed by atoms with Gasteiger partial charge in [0.05, 0.1) is 13.3 Å². The van der Waals surface area contributed by atoms with Crippen molar-refractivity contribution >= 4 is 0 Å². The summed E-state index contributed by atoms with van der Waals surface area (Å²) in [6.07, 6.45) is 2.18. The minimum absolute atomic E-state index is 0.0477. The molecule has 0 saturated carbocycles. The summed E-state index contributed by atoms with van der Waals surface area (Å²) in [5, 5.41) is 26.8. The van der Waals surface area contributed by atoms with Gasteiger partial charge in [-0.3, -0.25) is 5.10 Å². The smallest absolute Gasteiger partial charge is 0.173 e. The second-order valence-electron chi connectivity index (χ2n) is 5.24. The lowest BCUT2D eigenvalue weighted by Gasteiger charge is -2.10. The third-order valence-corrected chi connectivity index (χ3v) is 3.74. The highest BCUT2D eigenvalue weighted by Crippen LogP contribution is 2.39. The van der Waals surface area contributed by atoms with Crippen LogP contribution in [-0.2, 0) is 6.42 Å². The third kappa shape index (κ3) is 2.99. The number of phenolic OH excluding ortho intramolecular Hbond substituents is 2. The zero-order valence-electron chi connectivity index (χ0n) is 13.4. The zero-order valence-corrected chi connectivity index (χ0v) is 13.4. The Hall–Kier alpha value is -3.15. The van der Waals surface area contributed by atoms with Crippen LogP contribution in [0.25, 0.3) is 11.3 Å². The van der Waals surface area contributed by atoms with Gasteiger partial charge in [0.1, 0.15) is 28.7 Å². The van der Waals surface area contributed by atoms with Gasteiger partial charge in [0.2, 0.25) is 0 Å². The summed E-state index contributed by atoms with van der Waals surface area (Å²) in [5.41, 5.74) is 1.79. The number of methoxy groups -OCH3 is 1. The molecule has 1 aromatic heterocycles. The van der Waals surface area contributed by atoms with Crippen LogP contribution in [0.3, 0.4) is 0 Å². The molecule has 0 unspecified atom stereocenters. The molecule has 0 bridgehead atoms. The number of hydrogen-bond donors (Lipinski definition) is 3. The molecule has 0 saturated heterocycles. The molecule has 0 aliphatic carbocycles. The minimum Gasteiger partial charge on any atom is -0.508 e. The van der Waals surface area contributed by atoms with Gasteiger partial charge in [0, 0.05) is 11.6 Å². The van der Waals surface area contributed by atoms with Crippen LogP contribution in [0.4, 0.5) is 0 Å². The van der Waals surface area contributed by atoms with Crippen molar-refractivity contribution in [2.75, 3.05) is 7.11 Å². The quantitative estimate of drug-likeness (QED) is 0.663. The van der Waals surface area contributed by atoms with E-state index in [9.17, 15) is 10.2 Å². The van der Waals surface area contributed by atoms with E-state index in [0.29, 0.717) is 29.2 Å². The number of ether oxygens (including phenoxy) is 2. The number of nitrogens with one attached hydrogen (secondary N) is 1. The number of aromatic hydroxyl groups is 2. The standard InChI is InChI=1S/C18H18N2O4/c1-3-11-8-14(16(22)9-15(11)21)18-17(10-19-20-18)24-13-6-4-12(23-2)5-7-13/h4-10,21-22H,3H2,1-2H3,(H,19,20). The molecule has 0 spiro atoms. The number of aromatic amines is 1. The predicted molar refractivity (Wildman–Crippen MR) is 89.8 cm³/mol. The molecule has 6 heteroatoms. The van der Waals surface area contributed by atoms with E-state index in [1.165, 1.54) is 12.3 Å². The maximum absolute atomic E-state index is 10.2. The average molecular weight is 326 g/mol. The Morgan fingerprint density at radius 2 is 1.75 bits per heavy atom. The van der Waals surface area contributed by atoms with Crippen molar-refractivity contribution in [3.05, 3.63) is 48.2 Å². The fourth-order valence-electron chi connectivity index (χ4n) is 2.42. The van der Waals surface area contributed by atoms with Gasteiger partial charge in [0.25, 0.3) is 0 Å². The normalized spacial score (nSPS) is 10.6. The molecule has 124 valence electrons.